The quantitative estimate of drug-likeness (QED) is 0.189. The van der Waals surface area contributed by atoms with Crippen LogP contribution in [-0.2, 0) is 0 Å². The largest absolute Gasteiger partial charge is 0.276 e. The Balaban J connectivity index is 1.29. The summed E-state index contributed by atoms with van der Waals surface area (Å²) in [5, 5.41) is 9.88. The van der Waals surface area contributed by atoms with Gasteiger partial charge in [-0.1, -0.05) is 133 Å². The molecule has 0 aliphatic heterocycles. The number of hydrogen-bond acceptors (Lipinski definition) is 4. The number of rotatable bonds is 3. The molecule has 228 valence electrons. The number of para-hydroxylation sites is 1. The van der Waals surface area contributed by atoms with Gasteiger partial charge in [0, 0.05) is 47.3 Å². The Bertz CT molecular complexity index is 3090. The molecule has 0 saturated heterocycles. The molecule has 0 unspecified atom stereocenters. The van der Waals surface area contributed by atoms with Gasteiger partial charge in [0.25, 0.3) is 0 Å². The zero-order valence-electron chi connectivity index (χ0n) is 26.1. The van der Waals surface area contributed by atoms with Gasteiger partial charge in [-0.25, -0.2) is 9.97 Å². The predicted octanol–water partition coefficient (Wildman–Crippen LogP) is 12.8. The molecular weight excluding hydrogens is 635 g/mol. The Kier molecular flexibility index (Phi) is 5.70. The van der Waals surface area contributed by atoms with E-state index in [2.05, 4.69) is 156 Å². The van der Waals surface area contributed by atoms with Gasteiger partial charge < -0.3 is 0 Å². The zero-order valence-corrected chi connectivity index (χ0v) is 27.7. The molecule has 4 heterocycles. The van der Waals surface area contributed by atoms with E-state index in [0.717, 1.165) is 27.0 Å². The highest BCUT2D eigenvalue weighted by molar-refractivity contribution is 7.27. The van der Waals surface area contributed by atoms with E-state index in [1.54, 1.807) is 11.3 Å². The van der Waals surface area contributed by atoms with Crippen LogP contribution in [0.5, 0.6) is 0 Å². The predicted molar refractivity (Wildman–Crippen MR) is 211 cm³/mol. The van der Waals surface area contributed by atoms with E-state index in [1.165, 1.54) is 68.4 Å². The molecule has 0 radical (unpaired) electrons. The van der Waals surface area contributed by atoms with Crippen molar-refractivity contribution in [2.24, 2.45) is 0 Å². The van der Waals surface area contributed by atoms with Crippen LogP contribution in [0.3, 0.4) is 0 Å². The van der Waals surface area contributed by atoms with Crippen LogP contribution in [0.15, 0.2) is 152 Å². The van der Waals surface area contributed by atoms with Gasteiger partial charge in [0.1, 0.15) is 4.83 Å². The Hall–Kier alpha value is -5.88. The Morgan fingerprint density at radius 2 is 0.959 bits per heavy atom. The van der Waals surface area contributed by atoms with Gasteiger partial charge in [-0.05, 0) is 40.1 Å². The molecular formula is C44H25N3S2. The number of nitrogens with zero attached hydrogens (tertiary/aromatic N) is 3. The third kappa shape index (κ3) is 3.88. The van der Waals surface area contributed by atoms with Gasteiger partial charge in [0.15, 0.2) is 0 Å². The van der Waals surface area contributed by atoms with Crippen molar-refractivity contribution in [1.82, 2.24) is 14.5 Å². The first-order chi connectivity index (χ1) is 24.3. The normalized spacial score (nSPS) is 12.1. The van der Waals surface area contributed by atoms with Crippen molar-refractivity contribution in [1.29, 1.82) is 0 Å². The SMILES string of the molecule is c1ccc(-c2ccc(-c3nc(-n4c5ccccc5c5c6ccccc6c6c7ccccc7sc6c54)nc4sc5ccccc5c34)cc2)cc1. The van der Waals surface area contributed by atoms with Crippen LogP contribution in [0.1, 0.15) is 0 Å². The molecule has 0 N–H and O–H groups in total. The maximum Gasteiger partial charge on any atom is 0.236 e. The van der Waals surface area contributed by atoms with Crippen LogP contribution in [0.2, 0.25) is 0 Å². The lowest BCUT2D eigenvalue weighted by atomic mass is 9.99. The minimum atomic E-state index is 0.696. The molecule has 0 saturated carbocycles. The second kappa shape index (κ2) is 10.3. The zero-order chi connectivity index (χ0) is 32.1. The fourth-order valence-electron chi connectivity index (χ4n) is 7.71. The van der Waals surface area contributed by atoms with Crippen LogP contribution in [0, 0.1) is 0 Å². The Labute approximate surface area is 289 Å². The second-order valence-corrected chi connectivity index (χ2v) is 14.6. The maximum absolute atomic E-state index is 5.54. The van der Waals surface area contributed by atoms with E-state index in [9.17, 15) is 0 Å². The first kappa shape index (κ1) is 27.1. The average Bonchev–Trinajstić information content (AvgIpc) is 3.85. The summed E-state index contributed by atoms with van der Waals surface area (Å²) in [6, 6.07) is 54.4. The first-order valence-corrected chi connectivity index (χ1v) is 18.1. The number of thiophene rings is 2. The average molecular weight is 660 g/mol. The van der Waals surface area contributed by atoms with Gasteiger partial charge in [-0.2, -0.15) is 0 Å². The highest BCUT2D eigenvalue weighted by Gasteiger charge is 2.24. The smallest absolute Gasteiger partial charge is 0.236 e. The minimum Gasteiger partial charge on any atom is -0.276 e. The molecule has 0 aliphatic carbocycles. The van der Waals surface area contributed by atoms with Gasteiger partial charge in [-0.3, -0.25) is 4.57 Å². The molecule has 0 bridgehead atoms. The molecule has 49 heavy (non-hydrogen) atoms. The lowest BCUT2D eigenvalue weighted by molar-refractivity contribution is 1.02. The van der Waals surface area contributed by atoms with E-state index in [0.29, 0.717) is 5.95 Å². The topological polar surface area (TPSA) is 30.7 Å². The highest BCUT2D eigenvalue weighted by atomic mass is 32.1. The van der Waals surface area contributed by atoms with Crippen molar-refractivity contribution < 1.29 is 0 Å². The highest BCUT2D eigenvalue weighted by Crippen LogP contribution is 2.48. The number of hydrogen-bond donors (Lipinski definition) is 0. The Morgan fingerprint density at radius 1 is 0.408 bits per heavy atom. The van der Waals surface area contributed by atoms with E-state index in [4.69, 9.17) is 9.97 Å². The molecule has 7 aromatic carbocycles. The number of aromatic nitrogens is 3. The van der Waals surface area contributed by atoms with E-state index in [-0.39, 0.29) is 0 Å². The summed E-state index contributed by atoms with van der Waals surface area (Å²) in [7, 11) is 0. The first-order valence-electron chi connectivity index (χ1n) is 16.4. The molecule has 4 aromatic heterocycles. The van der Waals surface area contributed by atoms with Crippen LogP contribution in [0.4, 0.5) is 0 Å². The van der Waals surface area contributed by atoms with Crippen molar-refractivity contribution in [2.45, 2.75) is 0 Å². The molecule has 11 aromatic rings. The van der Waals surface area contributed by atoms with E-state index in [1.807, 2.05) is 11.3 Å². The van der Waals surface area contributed by atoms with Crippen LogP contribution in [0.25, 0.3) is 101 Å². The second-order valence-electron chi connectivity index (χ2n) is 12.5. The van der Waals surface area contributed by atoms with E-state index < -0.39 is 0 Å². The van der Waals surface area contributed by atoms with Crippen LogP contribution in [-0.4, -0.2) is 14.5 Å². The summed E-state index contributed by atoms with van der Waals surface area (Å²) in [6.45, 7) is 0. The molecule has 5 heteroatoms. The molecule has 0 atom stereocenters. The fourth-order valence-corrected chi connectivity index (χ4v) is 10.0. The van der Waals surface area contributed by atoms with Crippen molar-refractivity contribution in [2.75, 3.05) is 0 Å². The monoisotopic (exact) mass is 659 g/mol. The summed E-state index contributed by atoms with van der Waals surface area (Å²) in [6.07, 6.45) is 0. The molecule has 3 nitrogen and oxygen atoms in total. The third-order valence-corrected chi connectivity index (χ3v) is 12.1. The number of benzene rings is 7. The standard InChI is InChI=1S/C44H25N3S2/c1-2-12-26(13-3-1)27-22-24-28(25-23-27)40-39-33-18-8-11-21-36(33)49-43(39)46-44(45-40)47-34-19-9-6-16-31(34)37-29-14-4-5-15-30(29)38-32-17-7-10-20-35(32)48-42(38)41(37)47/h1-25H. The van der Waals surface area contributed by atoms with Gasteiger partial charge in [0.05, 0.1) is 21.4 Å². The lowest BCUT2D eigenvalue weighted by Crippen LogP contribution is -2.02. The number of fused-ring (bicyclic) bond motifs is 13. The van der Waals surface area contributed by atoms with Gasteiger partial charge in [-0.15, -0.1) is 22.7 Å². The summed E-state index contributed by atoms with van der Waals surface area (Å²) in [5.74, 6) is 0.696. The maximum atomic E-state index is 5.54. The molecule has 0 amide bonds. The van der Waals surface area contributed by atoms with E-state index >= 15 is 0 Å². The van der Waals surface area contributed by atoms with Crippen molar-refractivity contribution >= 4 is 95.7 Å². The summed E-state index contributed by atoms with van der Waals surface area (Å²) >= 11 is 3.60. The van der Waals surface area contributed by atoms with Crippen LogP contribution >= 0.6 is 22.7 Å². The minimum absolute atomic E-state index is 0.696. The molecule has 0 aliphatic rings. The summed E-state index contributed by atoms with van der Waals surface area (Å²) in [4.78, 5) is 12.0. The lowest BCUT2D eigenvalue weighted by Gasteiger charge is -2.12. The summed E-state index contributed by atoms with van der Waals surface area (Å²) in [5.41, 5.74) is 6.70. The summed E-state index contributed by atoms with van der Waals surface area (Å²) < 4.78 is 6.10. The van der Waals surface area contributed by atoms with Crippen molar-refractivity contribution in [3.63, 3.8) is 0 Å². The van der Waals surface area contributed by atoms with Crippen LogP contribution < -0.4 is 0 Å². The molecule has 0 fully saturated rings. The van der Waals surface area contributed by atoms with Crippen molar-refractivity contribution in [3.05, 3.63) is 152 Å². The third-order valence-electron chi connectivity index (χ3n) is 9.84. The van der Waals surface area contributed by atoms with Gasteiger partial charge in [0.2, 0.25) is 5.95 Å². The molecule has 11 rings (SSSR count). The fraction of sp³-hybridized carbons (Fsp3) is 0. The molecule has 0 spiro atoms. The van der Waals surface area contributed by atoms with Gasteiger partial charge >= 0.3 is 0 Å². The van der Waals surface area contributed by atoms with Crippen molar-refractivity contribution in [3.8, 4) is 28.3 Å². The Morgan fingerprint density at radius 3 is 1.71 bits per heavy atom.